The van der Waals surface area contributed by atoms with Crippen LogP contribution in [-0.2, 0) is 4.79 Å². The van der Waals surface area contributed by atoms with E-state index in [4.69, 9.17) is 5.11 Å². The van der Waals surface area contributed by atoms with Gasteiger partial charge < -0.3 is 10.4 Å². The van der Waals surface area contributed by atoms with Gasteiger partial charge in [0, 0.05) is 6.54 Å². The zero-order valence-electron chi connectivity index (χ0n) is 8.67. The monoisotopic (exact) mass is 237 g/mol. The lowest BCUT2D eigenvalue weighted by Crippen LogP contribution is -2.20. The summed E-state index contributed by atoms with van der Waals surface area (Å²) in [6.07, 6.45) is 1.48. The summed E-state index contributed by atoms with van der Waals surface area (Å²) in [5.74, 6) is -0.554. The van der Waals surface area contributed by atoms with Gasteiger partial charge in [-0.05, 0) is 11.4 Å². The fraction of sp³-hybridized carbons (Fsp3) is 0.300. The van der Waals surface area contributed by atoms with Crippen LogP contribution in [0.25, 0.3) is 10.2 Å². The topological polar surface area (TPSA) is 75.1 Å². The number of hydrogen-bond donors (Lipinski definition) is 2. The Bertz CT molecular complexity index is 511. The van der Waals surface area contributed by atoms with Crippen LogP contribution in [0.5, 0.6) is 0 Å². The fourth-order valence-electron chi connectivity index (χ4n) is 1.25. The molecule has 0 bridgehead atoms. The maximum absolute atomic E-state index is 10.7. The molecule has 0 amide bonds. The van der Waals surface area contributed by atoms with Crippen molar-refractivity contribution in [3.8, 4) is 0 Å². The number of rotatable bonds is 4. The molecule has 1 atom stereocenters. The van der Waals surface area contributed by atoms with Crippen LogP contribution in [0.3, 0.4) is 0 Å². The summed E-state index contributed by atoms with van der Waals surface area (Å²) in [7, 11) is 0. The van der Waals surface area contributed by atoms with Crippen molar-refractivity contribution in [2.24, 2.45) is 5.92 Å². The Hall–Kier alpha value is -1.69. The van der Waals surface area contributed by atoms with E-state index in [0.29, 0.717) is 12.4 Å². The first kappa shape index (κ1) is 10.8. The van der Waals surface area contributed by atoms with Gasteiger partial charge in [-0.25, -0.2) is 9.97 Å². The summed E-state index contributed by atoms with van der Waals surface area (Å²) in [4.78, 5) is 18.9. The van der Waals surface area contributed by atoms with Gasteiger partial charge in [0.15, 0.2) is 0 Å². The molecule has 0 aliphatic carbocycles. The Balaban J connectivity index is 2.15. The summed E-state index contributed by atoms with van der Waals surface area (Å²) in [5, 5.41) is 13.7. The molecule has 5 nitrogen and oxygen atoms in total. The molecule has 0 saturated carbocycles. The molecule has 2 N–H and O–H groups in total. The standard InChI is InChI=1S/C10H11N3O2S/c1-6(10(14)15)4-11-9-8-7(2-3-16-8)12-5-13-9/h2-3,5-6H,4H2,1H3,(H,14,15)(H,11,12,13). The second-order valence-corrected chi connectivity index (χ2v) is 4.39. The van der Waals surface area contributed by atoms with Crippen LogP contribution in [0.1, 0.15) is 6.92 Å². The molecule has 0 fully saturated rings. The van der Waals surface area contributed by atoms with Gasteiger partial charge in [-0.2, -0.15) is 0 Å². The zero-order valence-corrected chi connectivity index (χ0v) is 9.49. The highest BCUT2D eigenvalue weighted by atomic mass is 32.1. The largest absolute Gasteiger partial charge is 0.481 e. The molecule has 2 aromatic rings. The molecule has 2 rings (SSSR count). The number of fused-ring (bicyclic) bond motifs is 1. The van der Waals surface area contributed by atoms with Crippen LogP contribution in [0.4, 0.5) is 5.82 Å². The molecule has 0 aliphatic heterocycles. The molecule has 1 unspecified atom stereocenters. The second kappa shape index (κ2) is 4.44. The third kappa shape index (κ3) is 2.11. The van der Waals surface area contributed by atoms with Gasteiger partial charge in [0.2, 0.25) is 0 Å². The highest BCUT2D eigenvalue weighted by Crippen LogP contribution is 2.24. The molecule has 0 aliphatic rings. The zero-order chi connectivity index (χ0) is 11.5. The first-order valence-electron chi connectivity index (χ1n) is 4.83. The summed E-state index contributed by atoms with van der Waals surface area (Å²) >= 11 is 1.54. The van der Waals surface area contributed by atoms with E-state index in [0.717, 1.165) is 10.2 Å². The van der Waals surface area contributed by atoms with Crippen LogP contribution < -0.4 is 5.32 Å². The Morgan fingerprint density at radius 1 is 1.62 bits per heavy atom. The first-order valence-corrected chi connectivity index (χ1v) is 5.71. The third-order valence-corrected chi connectivity index (χ3v) is 3.15. The molecule has 16 heavy (non-hydrogen) atoms. The predicted molar refractivity (Wildman–Crippen MR) is 62.7 cm³/mol. The Morgan fingerprint density at radius 3 is 3.19 bits per heavy atom. The summed E-state index contributed by atoms with van der Waals surface area (Å²) in [5.41, 5.74) is 0.880. The minimum Gasteiger partial charge on any atom is -0.481 e. The van der Waals surface area contributed by atoms with E-state index in [1.807, 2.05) is 11.4 Å². The van der Waals surface area contributed by atoms with Crippen molar-refractivity contribution >= 4 is 33.3 Å². The number of aliphatic carboxylic acids is 1. The van der Waals surface area contributed by atoms with Crippen molar-refractivity contribution in [1.82, 2.24) is 9.97 Å². The van der Waals surface area contributed by atoms with E-state index < -0.39 is 11.9 Å². The van der Waals surface area contributed by atoms with Crippen molar-refractivity contribution in [1.29, 1.82) is 0 Å². The molecular formula is C10H11N3O2S. The minimum atomic E-state index is -0.816. The Kier molecular flexibility index (Phi) is 3.00. The summed E-state index contributed by atoms with van der Waals surface area (Å²) in [6, 6.07) is 1.91. The molecule has 84 valence electrons. The average molecular weight is 237 g/mol. The second-order valence-electron chi connectivity index (χ2n) is 3.48. The van der Waals surface area contributed by atoms with Crippen molar-refractivity contribution < 1.29 is 9.90 Å². The van der Waals surface area contributed by atoms with Gasteiger partial charge in [0.1, 0.15) is 12.1 Å². The lowest BCUT2D eigenvalue weighted by Gasteiger charge is -2.08. The normalized spacial score (nSPS) is 12.6. The van der Waals surface area contributed by atoms with Crippen LogP contribution in [-0.4, -0.2) is 27.6 Å². The molecule has 2 aromatic heterocycles. The van der Waals surface area contributed by atoms with Gasteiger partial charge in [0.25, 0.3) is 0 Å². The lowest BCUT2D eigenvalue weighted by atomic mass is 10.2. The van der Waals surface area contributed by atoms with Gasteiger partial charge in [-0.15, -0.1) is 11.3 Å². The van der Waals surface area contributed by atoms with Crippen molar-refractivity contribution in [2.75, 3.05) is 11.9 Å². The van der Waals surface area contributed by atoms with Crippen molar-refractivity contribution in [2.45, 2.75) is 6.92 Å². The molecule has 0 spiro atoms. The van der Waals surface area contributed by atoms with E-state index >= 15 is 0 Å². The SMILES string of the molecule is CC(CNc1ncnc2ccsc12)C(=O)O. The highest BCUT2D eigenvalue weighted by molar-refractivity contribution is 7.17. The molecule has 0 aromatic carbocycles. The van der Waals surface area contributed by atoms with Crippen molar-refractivity contribution in [3.63, 3.8) is 0 Å². The van der Waals surface area contributed by atoms with E-state index in [2.05, 4.69) is 15.3 Å². The number of carboxylic acids is 1. The summed E-state index contributed by atoms with van der Waals surface area (Å²) in [6.45, 7) is 2.02. The number of carbonyl (C=O) groups is 1. The van der Waals surface area contributed by atoms with Gasteiger partial charge in [-0.3, -0.25) is 4.79 Å². The lowest BCUT2D eigenvalue weighted by molar-refractivity contribution is -0.140. The number of nitrogens with zero attached hydrogens (tertiary/aromatic N) is 2. The summed E-state index contributed by atoms with van der Waals surface area (Å²) < 4.78 is 0.958. The average Bonchev–Trinajstić information content (AvgIpc) is 2.73. The van der Waals surface area contributed by atoms with Gasteiger partial charge in [-0.1, -0.05) is 6.92 Å². The number of hydrogen-bond acceptors (Lipinski definition) is 5. The number of thiophene rings is 1. The van der Waals surface area contributed by atoms with E-state index in [-0.39, 0.29) is 0 Å². The highest BCUT2D eigenvalue weighted by Gasteiger charge is 2.11. The van der Waals surface area contributed by atoms with Crippen LogP contribution >= 0.6 is 11.3 Å². The Labute approximate surface area is 96.2 Å². The van der Waals surface area contributed by atoms with Crippen LogP contribution in [0.2, 0.25) is 0 Å². The van der Waals surface area contributed by atoms with Crippen LogP contribution in [0.15, 0.2) is 17.8 Å². The van der Waals surface area contributed by atoms with Gasteiger partial charge in [0.05, 0.1) is 16.1 Å². The van der Waals surface area contributed by atoms with E-state index in [9.17, 15) is 4.79 Å². The number of anilines is 1. The number of carboxylic acid groups (broad SMARTS) is 1. The van der Waals surface area contributed by atoms with Crippen LogP contribution in [0, 0.1) is 5.92 Å². The first-order chi connectivity index (χ1) is 7.68. The Morgan fingerprint density at radius 2 is 2.44 bits per heavy atom. The molecular weight excluding hydrogens is 226 g/mol. The maximum atomic E-state index is 10.7. The van der Waals surface area contributed by atoms with Crippen molar-refractivity contribution in [3.05, 3.63) is 17.8 Å². The molecule has 0 saturated heterocycles. The van der Waals surface area contributed by atoms with E-state index in [1.54, 1.807) is 6.92 Å². The smallest absolute Gasteiger partial charge is 0.308 e. The maximum Gasteiger partial charge on any atom is 0.308 e. The fourth-order valence-corrected chi connectivity index (χ4v) is 2.06. The van der Waals surface area contributed by atoms with E-state index in [1.165, 1.54) is 17.7 Å². The molecule has 6 heteroatoms. The van der Waals surface area contributed by atoms with Gasteiger partial charge >= 0.3 is 5.97 Å². The quantitative estimate of drug-likeness (QED) is 0.848. The number of aromatic nitrogens is 2. The molecule has 2 heterocycles. The third-order valence-electron chi connectivity index (χ3n) is 2.24. The predicted octanol–water partition coefficient (Wildman–Crippen LogP) is 1.82. The molecule has 0 radical (unpaired) electrons. The minimum absolute atomic E-state index is 0.360. The number of nitrogens with one attached hydrogen (secondary N) is 1.